The lowest BCUT2D eigenvalue weighted by Crippen LogP contribution is -2.38. The first-order chi connectivity index (χ1) is 15.0. The second-order valence-electron chi connectivity index (χ2n) is 8.26. The maximum atomic E-state index is 12.8. The van der Waals surface area contributed by atoms with E-state index >= 15 is 0 Å². The summed E-state index contributed by atoms with van der Waals surface area (Å²) < 4.78 is 1.57. The van der Waals surface area contributed by atoms with Crippen LogP contribution in [0.15, 0.2) is 35.6 Å². The predicted molar refractivity (Wildman–Crippen MR) is 123 cm³/mol. The predicted octanol–water partition coefficient (Wildman–Crippen LogP) is 3.75. The molecule has 5 heterocycles. The van der Waals surface area contributed by atoms with Gasteiger partial charge in [-0.15, -0.1) is 11.3 Å². The molecule has 1 N–H and O–H groups in total. The number of H-pyrrole nitrogens is 1. The lowest BCUT2D eigenvalue weighted by atomic mass is 9.89. The fraction of sp³-hybridized carbons (Fsp3) is 0.391. The van der Waals surface area contributed by atoms with Crippen molar-refractivity contribution >= 4 is 38.5 Å². The van der Waals surface area contributed by atoms with Gasteiger partial charge in [-0.05, 0) is 55.9 Å². The van der Waals surface area contributed by atoms with E-state index in [9.17, 15) is 9.59 Å². The number of amides is 1. The minimum atomic E-state index is -0.0497. The van der Waals surface area contributed by atoms with Gasteiger partial charge in [0.15, 0.2) is 0 Å². The highest BCUT2D eigenvalue weighted by molar-refractivity contribution is 7.18. The number of thiophene rings is 1. The largest absolute Gasteiger partial charge is 0.346 e. The number of aromatic nitrogens is 4. The Morgan fingerprint density at radius 2 is 2.06 bits per heavy atom. The zero-order valence-electron chi connectivity index (χ0n) is 17.7. The highest BCUT2D eigenvalue weighted by atomic mass is 32.1. The molecule has 31 heavy (non-hydrogen) atoms. The minimum Gasteiger partial charge on any atom is -0.346 e. The number of hydrogen-bond acceptors (Lipinski definition) is 5. The van der Waals surface area contributed by atoms with Crippen LogP contribution in [0, 0.1) is 13.8 Å². The number of likely N-dealkylation sites (tertiary alicyclic amines) is 1. The Hall–Kier alpha value is -3.00. The van der Waals surface area contributed by atoms with Crippen molar-refractivity contribution in [2.45, 2.75) is 45.6 Å². The van der Waals surface area contributed by atoms with Gasteiger partial charge in [0.1, 0.15) is 10.5 Å². The maximum absolute atomic E-state index is 12.8. The average molecular weight is 436 g/mol. The van der Waals surface area contributed by atoms with Crippen LogP contribution in [0.1, 0.15) is 41.2 Å². The van der Waals surface area contributed by atoms with Gasteiger partial charge in [-0.25, -0.2) is 9.97 Å². The number of carbonyl (C=O) groups excluding carboxylic acids is 1. The summed E-state index contributed by atoms with van der Waals surface area (Å²) in [6.07, 6.45) is 7.62. The Labute approximate surface area is 183 Å². The lowest BCUT2D eigenvalue weighted by molar-refractivity contribution is -0.132. The normalized spacial score (nSPS) is 15.2. The van der Waals surface area contributed by atoms with Gasteiger partial charge < -0.3 is 9.88 Å². The minimum absolute atomic E-state index is 0.0497. The SMILES string of the molecule is Cc1sc2ncn(CCC(=O)N3CCC(c4c[nH]c5ncccc45)CC3)c(=O)c2c1C. The van der Waals surface area contributed by atoms with Crippen molar-refractivity contribution in [1.29, 1.82) is 0 Å². The molecule has 4 aromatic rings. The third-order valence-electron chi connectivity index (χ3n) is 6.49. The molecule has 1 amide bonds. The van der Waals surface area contributed by atoms with E-state index in [0.29, 0.717) is 24.3 Å². The molecule has 1 saturated heterocycles. The number of fused-ring (bicyclic) bond motifs is 2. The van der Waals surface area contributed by atoms with E-state index in [2.05, 4.69) is 27.2 Å². The molecule has 1 aliphatic heterocycles. The van der Waals surface area contributed by atoms with Crippen LogP contribution in [0.25, 0.3) is 21.3 Å². The number of aromatic amines is 1. The molecule has 4 aromatic heterocycles. The molecule has 1 fully saturated rings. The first-order valence-electron chi connectivity index (χ1n) is 10.7. The molecular formula is C23H25N5O2S. The molecule has 0 radical (unpaired) electrons. The average Bonchev–Trinajstić information content (AvgIpc) is 3.34. The summed E-state index contributed by atoms with van der Waals surface area (Å²) in [5.74, 6) is 0.533. The molecule has 0 unspecified atom stereocenters. The van der Waals surface area contributed by atoms with Crippen LogP contribution in [-0.4, -0.2) is 43.4 Å². The first kappa shape index (κ1) is 19.9. The highest BCUT2D eigenvalue weighted by Crippen LogP contribution is 2.32. The smallest absolute Gasteiger partial charge is 0.262 e. The third kappa shape index (κ3) is 3.54. The number of nitrogens with one attached hydrogen (secondary N) is 1. The summed E-state index contributed by atoms with van der Waals surface area (Å²) in [6, 6.07) is 4.07. The van der Waals surface area contributed by atoms with Crippen molar-refractivity contribution in [3.8, 4) is 0 Å². The fourth-order valence-corrected chi connectivity index (χ4v) is 5.55. The fourth-order valence-electron chi connectivity index (χ4n) is 4.56. The molecular weight excluding hydrogens is 410 g/mol. The van der Waals surface area contributed by atoms with E-state index in [1.807, 2.05) is 24.8 Å². The zero-order chi connectivity index (χ0) is 21.5. The Bertz CT molecular complexity index is 1330. The summed E-state index contributed by atoms with van der Waals surface area (Å²) in [5.41, 5.74) is 3.16. The van der Waals surface area contributed by atoms with Gasteiger partial charge in [0.2, 0.25) is 5.91 Å². The van der Waals surface area contributed by atoms with Crippen LogP contribution in [0.4, 0.5) is 0 Å². The van der Waals surface area contributed by atoms with Crippen LogP contribution in [-0.2, 0) is 11.3 Å². The van der Waals surface area contributed by atoms with Crippen LogP contribution in [0.5, 0.6) is 0 Å². The van der Waals surface area contributed by atoms with Crippen molar-refractivity contribution in [3.63, 3.8) is 0 Å². The number of hydrogen-bond donors (Lipinski definition) is 1. The highest BCUT2D eigenvalue weighted by Gasteiger charge is 2.25. The van der Waals surface area contributed by atoms with Gasteiger partial charge >= 0.3 is 0 Å². The standard InChI is InChI=1S/C23H25N5O2S/c1-14-15(2)31-22-20(14)23(30)28(13-26-22)11-7-19(29)27-9-5-16(6-10-27)18-12-25-21-17(18)4-3-8-24-21/h3-4,8,12-13,16H,5-7,9-11H2,1-2H3,(H,24,25). The van der Waals surface area contributed by atoms with Crippen LogP contribution in [0.2, 0.25) is 0 Å². The number of piperidine rings is 1. The molecule has 0 aliphatic carbocycles. The zero-order valence-corrected chi connectivity index (χ0v) is 18.5. The molecule has 0 bridgehead atoms. The van der Waals surface area contributed by atoms with E-state index in [-0.39, 0.29) is 11.5 Å². The van der Waals surface area contributed by atoms with Crippen LogP contribution < -0.4 is 5.56 Å². The summed E-state index contributed by atoms with van der Waals surface area (Å²) >= 11 is 1.54. The topological polar surface area (TPSA) is 83.9 Å². The maximum Gasteiger partial charge on any atom is 0.262 e. The van der Waals surface area contributed by atoms with Crippen molar-refractivity contribution < 1.29 is 4.79 Å². The Kier molecular flexibility index (Phi) is 5.09. The molecule has 0 aromatic carbocycles. The lowest BCUT2D eigenvalue weighted by Gasteiger charge is -2.32. The molecule has 0 atom stereocenters. The van der Waals surface area contributed by atoms with E-state index in [1.165, 1.54) is 10.9 Å². The summed E-state index contributed by atoms with van der Waals surface area (Å²) in [5, 5.41) is 1.86. The van der Waals surface area contributed by atoms with Gasteiger partial charge in [-0.2, -0.15) is 0 Å². The molecule has 5 rings (SSSR count). The van der Waals surface area contributed by atoms with E-state index < -0.39 is 0 Å². The Morgan fingerprint density at radius 3 is 2.87 bits per heavy atom. The molecule has 1 aliphatic rings. The molecule has 0 spiro atoms. The number of carbonyl (C=O) groups is 1. The van der Waals surface area contributed by atoms with Crippen LogP contribution >= 0.6 is 11.3 Å². The second kappa shape index (κ2) is 7.92. The van der Waals surface area contributed by atoms with Gasteiger partial charge in [-0.3, -0.25) is 14.2 Å². The number of nitrogens with zero attached hydrogens (tertiary/aromatic N) is 4. The van der Waals surface area contributed by atoms with E-state index in [4.69, 9.17) is 0 Å². The van der Waals surface area contributed by atoms with Crippen molar-refractivity contribution in [2.24, 2.45) is 0 Å². The van der Waals surface area contributed by atoms with Crippen molar-refractivity contribution in [1.82, 2.24) is 24.4 Å². The van der Waals surface area contributed by atoms with Gasteiger partial charge in [-0.1, -0.05) is 0 Å². The summed E-state index contributed by atoms with van der Waals surface area (Å²) in [4.78, 5) is 41.5. The molecule has 7 nitrogen and oxygen atoms in total. The Morgan fingerprint density at radius 1 is 1.26 bits per heavy atom. The van der Waals surface area contributed by atoms with Gasteiger partial charge in [0.25, 0.3) is 5.56 Å². The summed E-state index contributed by atoms with van der Waals surface area (Å²) in [7, 11) is 0. The summed E-state index contributed by atoms with van der Waals surface area (Å²) in [6.45, 7) is 5.81. The number of pyridine rings is 1. The van der Waals surface area contributed by atoms with Crippen LogP contribution in [0.3, 0.4) is 0 Å². The van der Waals surface area contributed by atoms with E-state index in [0.717, 1.165) is 46.8 Å². The van der Waals surface area contributed by atoms with E-state index in [1.54, 1.807) is 28.4 Å². The quantitative estimate of drug-likeness (QED) is 0.529. The second-order valence-corrected chi connectivity index (χ2v) is 9.46. The first-order valence-corrected chi connectivity index (χ1v) is 11.5. The van der Waals surface area contributed by atoms with Gasteiger partial charge in [0, 0.05) is 48.7 Å². The Balaban J connectivity index is 1.22. The molecule has 0 saturated carbocycles. The third-order valence-corrected chi connectivity index (χ3v) is 7.61. The van der Waals surface area contributed by atoms with Crippen molar-refractivity contribution in [2.75, 3.05) is 13.1 Å². The number of rotatable bonds is 4. The number of aryl methyl sites for hydroxylation is 3. The van der Waals surface area contributed by atoms with Gasteiger partial charge in [0.05, 0.1) is 11.7 Å². The monoisotopic (exact) mass is 435 g/mol. The molecule has 8 heteroatoms. The van der Waals surface area contributed by atoms with Crippen molar-refractivity contribution in [3.05, 3.63) is 57.2 Å². The molecule has 160 valence electrons.